The Balaban J connectivity index is 1.86. The minimum Gasteiger partial charge on any atom is -0.366 e. The van der Waals surface area contributed by atoms with Crippen LogP contribution in [0.3, 0.4) is 0 Å². The van der Waals surface area contributed by atoms with E-state index in [1.165, 1.54) is 24.3 Å². The zero-order valence-corrected chi connectivity index (χ0v) is 13.6. The van der Waals surface area contributed by atoms with Gasteiger partial charge >= 0.3 is 11.8 Å². The molecule has 3 amide bonds. The number of primary amides is 1. The van der Waals surface area contributed by atoms with Crippen LogP contribution in [0.2, 0.25) is 0 Å². The summed E-state index contributed by atoms with van der Waals surface area (Å²) in [5.41, 5.74) is 9.02. The van der Waals surface area contributed by atoms with Crippen LogP contribution in [0.25, 0.3) is 0 Å². The van der Waals surface area contributed by atoms with Crippen molar-refractivity contribution in [2.45, 2.75) is 12.8 Å². The summed E-state index contributed by atoms with van der Waals surface area (Å²) in [5, 5.41) is 6.20. The molecule has 7 nitrogen and oxygen atoms in total. The van der Waals surface area contributed by atoms with E-state index in [9.17, 15) is 14.4 Å². The van der Waals surface area contributed by atoms with E-state index in [0.717, 1.165) is 5.56 Å². The van der Waals surface area contributed by atoms with Crippen LogP contribution in [0.1, 0.15) is 28.8 Å². The first-order valence-corrected chi connectivity index (χ1v) is 7.56. The summed E-state index contributed by atoms with van der Waals surface area (Å²) in [7, 11) is 0. The molecular formula is C18H18N4O3. The van der Waals surface area contributed by atoms with Gasteiger partial charge in [-0.2, -0.15) is 5.10 Å². The monoisotopic (exact) mass is 338 g/mol. The first-order valence-electron chi connectivity index (χ1n) is 7.56. The van der Waals surface area contributed by atoms with Gasteiger partial charge < -0.3 is 11.1 Å². The molecule has 0 spiro atoms. The lowest BCUT2D eigenvalue weighted by molar-refractivity contribution is -0.136. The molecule has 0 radical (unpaired) electrons. The zero-order valence-electron chi connectivity index (χ0n) is 13.6. The third-order valence-electron chi connectivity index (χ3n) is 3.42. The first-order chi connectivity index (χ1) is 12.0. The molecule has 0 heterocycles. The summed E-state index contributed by atoms with van der Waals surface area (Å²) >= 11 is 0. The SMILES string of the molecule is CC(/C=N/NC(=O)C(=O)Nc1ccc(C(N)=O)cc1)c1ccccc1. The Kier molecular flexibility index (Phi) is 6.00. The van der Waals surface area contributed by atoms with E-state index in [-0.39, 0.29) is 5.92 Å². The van der Waals surface area contributed by atoms with Crippen LogP contribution < -0.4 is 16.5 Å². The second kappa shape index (κ2) is 8.39. The van der Waals surface area contributed by atoms with E-state index in [0.29, 0.717) is 11.3 Å². The minimum absolute atomic E-state index is 0.00842. The molecule has 25 heavy (non-hydrogen) atoms. The van der Waals surface area contributed by atoms with E-state index >= 15 is 0 Å². The lowest BCUT2D eigenvalue weighted by atomic mass is 10.0. The number of hydrogen-bond acceptors (Lipinski definition) is 4. The van der Waals surface area contributed by atoms with Crippen LogP contribution in [-0.4, -0.2) is 23.9 Å². The summed E-state index contributed by atoms with van der Waals surface area (Å²) in [6.07, 6.45) is 1.54. The van der Waals surface area contributed by atoms with E-state index in [1.54, 1.807) is 6.21 Å². The van der Waals surface area contributed by atoms with Crippen LogP contribution in [0.15, 0.2) is 59.7 Å². The summed E-state index contributed by atoms with van der Waals surface area (Å²) in [5.74, 6) is -2.34. The van der Waals surface area contributed by atoms with Gasteiger partial charge in [0.15, 0.2) is 0 Å². The summed E-state index contributed by atoms with van der Waals surface area (Å²) in [6, 6.07) is 15.5. The smallest absolute Gasteiger partial charge is 0.329 e. The van der Waals surface area contributed by atoms with Gasteiger partial charge in [0.2, 0.25) is 5.91 Å². The maximum Gasteiger partial charge on any atom is 0.329 e. The van der Waals surface area contributed by atoms with E-state index in [1.807, 2.05) is 37.3 Å². The topological polar surface area (TPSA) is 114 Å². The van der Waals surface area contributed by atoms with Gasteiger partial charge in [-0.05, 0) is 29.8 Å². The molecule has 4 N–H and O–H groups in total. The molecular weight excluding hydrogens is 320 g/mol. The second-order valence-corrected chi connectivity index (χ2v) is 5.31. The van der Waals surface area contributed by atoms with Crippen molar-refractivity contribution in [3.05, 3.63) is 65.7 Å². The molecule has 2 rings (SSSR count). The van der Waals surface area contributed by atoms with Crippen LogP contribution in [0.4, 0.5) is 5.69 Å². The van der Waals surface area contributed by atoms with Gasteiger partial charge in [-0.15, -0.1) is 0 Å². The van der Waals surface area contributed by atoms with Crippen molar-refractivity contribution in [3.8, 4) is 0 Å². The van der Waals surface area contributed by atoms with Gasteiger partial charge in [-0.25, -0.2) is 5.43 Å². The summed E-state index contributed by atoms with van der Waals surface area (Å²) < 4.78 is 0. The number of rotatable bonds is 5. The predicted molar refractivity (Wildman–Crippen MR) is 95.1 cm³/mol. The fourth-order valence-electron chi connectivity index (χ4n) is 2.01. The number of nitrogens with zero attached hydrogens (tertiary/aromatic N) is 1. The average molecular weight is 338 g/mol. The minimum atomic E-state index is -0.893. The van der Waals surface area contributed by atoms with E-state index in [2.05, 4.69) is 15.8 Å². The Hall–Kier alpha value is -3.48. The number of carbonyl (C=O) groups excluding carboxylic acids is 3. The highest BCUT2D eigenvalue weighted by molar-refractivity contribution is 6.39. The highest BCUT2D eigenvalue weighted by Gasteiger charge is 2.13. The Bertz CT molecular complexity index is 786. The molecule has 0 bridgehead atoms. The van der Waals surface area contributed by atoms with Crippen LogP contribution in [0, 0.1) is 0 Å². The Labute approximate surface area is 144 Å². The van der Waals surface area contributed by atoms with Crippen LogP contribution in [0.5, 0.6) is 0 Å². The Morgan fingerprint density at radius 2 is 1.64 bits per heavy atom. The largest absolute Gasteiger partial charge is 0.366 e. The highest BCUT2D eigenvalue weighted by atomic mass is 16.2. The lowest BCUT2D eigenvalue weighted by Crippen LogP contribution is -2.32. The van der Waals surface area contributed by atoms with Crippen molar-refractivity contribution in [2.24, 2.45) is 10.8 Å². The van der Waals surface area contributed by atoms with Crippen molar-refractivity contribution < 1.29 is 14.4 Å². The molecule has 0 aliphatic rings. The number of benzene rings is 2. The third-order valence-corrected chi connectivity index (χ3v) is 3.42. The zero-order chi connectivity index (χ0) is 18.2. The fraction of sp³-hybridized carbons (Fsp3) is 0.111. The Morgan fingerprint density at radius 1 is 1.00 bits per heavy atom. The molecule has 0 aliphatic carbocycles. The molecule has 7 heteroatoms. The normalized spacial score (nSPS) is 11.7. The molecule has 2 aromatic rings. The lowest BCUT2D eigenvalue weighted by Gasteiger charge is -2.06. The molecule has 0 aromatic heterocycles. The highest BCUT2D eigenvalue weighted by Crippen LogP contribution is 2.11. The maximum absolute atomic E-state index is 11.8. The van der Waals surface area contributed by atoms with Gasteiger partial charge in [0.05, 0.1) is 0 Å². The predicted octanol–water partition coefficient (Wildman–Crippen LogP) is 1.63. The molecule has 0 aliphatic heterocycles. The number of hydrazone groups is 1. The molecule has 0 saturated carbocycles. The van der Waals surface area contributed by atoms with Crippen molar-refractivity contribution in [3.63, 3.8) is 0 Å². The van der Waals surface area contributed by atoms with Crippen molar-refractivity contribution >= 4 is 29.6 Å². The number of nitrogens with one attached hydrogen (secondary N) is 2. The van der Waals surface area contributed by atoms with Crippen LogP contribution in [-0.2, 0) is 9.59 Å². The van der Waals surface area contributed by atoms with Gasteiger partial charge in [0.25, 0.3) is 0 Å². The van der Waals surface area contributed by atoms with Crippen LogP contribution >= 0.6 is 0 Å². The third kappa shape index (κ3) is 5.28. The number of carbonyl (C=O) groups is 3. The number of amides is 3. The first kappa shape index (κ1) is 17.9. The van der Waals surface area contributed by atoms with Crippen molar-refractivity contribution in [2.75, 3.05) is 5.32 Å². The molecule has 0 fully saturated rings. The van der Waals surface area contributed by atoms with Gasteiger partial charge in [-0.1, -0.05) is 37.3 Å². The molecule has 2 aromatic carbocycles. The van der Waals surface area contributed by atoms with Crippen molar-refractivity contribution in [1.29, 1.82) is 0 Å². The number of hydrogen-bond donors (Lipinski definition) is 3. The molecule has 1 unspecified atom stereocenters. The van der Waals surface area contributed by atoms with Gasteiger partial charge in [0, 0.05) is 23.4 Å². The Morgan fingerprint density at radius 3 is 2.24 bits per heavy atom. The molecule has 128 valence electrons. The number of nitrogens with two attached hydrogens (primary N) is 1. The second-order valence-electron chi connectivity index (χ2n) is 5.31. The standard InChI is InChI=1S/C18H18N4O3/c1-12(13-5-3-2-4-6-13)11-20-22-18(25)17(24)21-15-9-7-14(8-10-15)16(19)23/h2-12H,1H3,(H2,19,23)(H,21,24)(H,22,25)/b20-11+. The maximum atomic E-state index is 11.8. The summed E-state index contributed by atoms with van der Waals surface area (Å²) in [6.45, 7) is 1.92. The quantitative estimate of drug-likeness (QED) is 0.437. The van der Waals surface area contributed by atoms with Gasteiger partial charge in [0.1, 0.15) is 0 Å². The van der Waals surface area contributed by atoms with E-state index in [4.69, 9.17) is 5.73 Å². The van der Waals surface area contributed by atoms with E-state index < -0.39 is 17.7 Å². The molecule has 0 saturated heterocycles. The van der Waals surface area contributed by atoms with Gasteiger partial charge in [-0.3, -0.25) is 14.4 Å². The molecule has 1 atom stereocenters. The van der Waals surface area contributed by atoms with Crippen molar-refractivity contribution in [1.82, 2.24) is 5.43 Å². The average Bonchev–Trinajstić information content (AvgIpc) is 2.62. The number of anilines is 1. The summed E-state index contributed by atoms with van der Waals surface area (Å²) in [4.78, 5) is 34.5. The fourth-order valence-corrected chi connectivity index (χ4v) is 2.01.